The van der Waals surface area contributed by atoms with Gasteiger partial charge < -0.3 is 10.5 Å². The Kier molecular flexibility index (Phi) is 2.82. The Bertz CT molecular complexity index is 284. The van der Waals surface area contributed by atoms with E-state index in [1.165, 1.54) is 0 Å². The van der Waals surface area contributed by atoms with Crippen molar-refractivity contribution < 1.29 is 4.74 Å². The van der Waals surface area contributed by atoms with Crippen molar-refractivity contribution in [3.63, 3.8) is 0 Å². The molecule has 0 unspecified atom stereocenters. The zero-order valence-corrected chi connectivity index (χ0v) is 7.08. The van der Waals surface area contributed by atoms with Crippen molar-refractivity contribution in [2.75, 3.05) is 7.11 Å². The maximum atomic E-state index is 5.50. The van der Waals surface area contributed by atoms with Crippen molar-refractivity contribution in [3.8, 4) is 5.88 Å². The summed E-state index contributed by atoms with van der Waals surface area (Å²) in [5.41, 5.74) is 7.35. The molecule has 1 aromatic rings. The van der Waals surface area contributed by atoms with Crippen LogP contribution in [0.5, 0.6) is 5.88 Å². The van der Waals surface area contributed by atoms with Gasteiger partial charge in [-0.1, -0.05) is 12.7 Å². The zero-order chi connectivity index (χ0) is 8.97. The molecule has 0 spiro atoms. The lowest BCUT2D eigenvalue weighted by molar-refractivity contribution is 0.392. The first-order chi connectivity index (χ1) is 5.81. The fourth-order valence-corrected chi connectivity index (χ4v) is 0.958. The van der Waals surface area contributed by atoms with E-state index in [2.05, 4.69) is 11.6 Å². The molecule has 0 atom stereocenters. The maximum Gasteiger partial charge on any atom is 0.217 e. The number of rotatable bonds is 3. The highest BCUT2D eigenvalue weighted by atomic mass is 16.5. The molecule has 0 aromatic carbocycles. The second-order valence-electron chi connectivity index (χ2n) is 2.35. The summed E-state index contributed by atoms with van der Waals surface area (Å²) in [7, 11) is 1.58. The third kappa shape index (κ3) is 1.62. The van der Waals surface area contributed by atoms with Crippen molar-refractivity contribution in [1.82, 2.24) is 4.98 Å². The Morgan fingerprint density at radius 1 is 1.75 bits per heavy atom. The predicted octanol–water partition coefficient (Wildman–Crippen LogP) is 1.19. The van der Waals surface area contributed by atoms with Gasteiger partial charge in [-0.2, -0.15) is 0 Å². The van der Waals surface area contributed by atoms with Gasteiger partial charge in [-0.25, -0.2) is 4.98 Å². The van der Waals surface area contributed by atoms with Crippen LogP contribution in [0.3, 0.4) is 0 Å². The molecule has 0 saturated carbocycles. The van der Waals surface area contributed by atoms with Crippen molar-refractivity contribution >= 4 is 6.08 Å². The topological polar surface area (TPSA) is 48.1 Å². The number of pyridine rings is 1. The van der Waals surface area contributed by atoms with Gasteiger partial charge in [-0.05, 0) is 11.6 Å². The molecule has 0 fully saturated rings. The molecule has 64 valence electrons. The third-order valence-electron chi connectivity index (χ3n) is 1.60. The van der Waals surface area contributed by atoms with Gasteiger partial charge in [0.15, 0.2) is 0 Å². The molecule has 1 rings (SSSR count). The highest BCUT2D eigenvalue weighted by Crippen LogP contribution is 2.15. The summed E-state index contributed by atoms with van der Waals surface area (Å²) in [5, 5.41) is 0. The second kappa shape index (κ2) is 3.88. The molecule has 1 heterocycles. The molecule has 0 aliphatic carbocycles. The predicted molar refractivity (Wildman–Crippen MR) is 48.8 cm³/mol. The minimum Gasteiger partial charge on any atom is -0.481 e. The Balaban J connectivity index is 3.10. The maximum absolute atomic E-state index is 5.50. The highest BCUT2D eigenvalue weighted by Gasteiger charge is 2.01. The van der Waals surface area contributed by atoms with Crippen LogP contribution >= 0.6 is 0 Å². The molecule has 0 aliphatic rings. The lowest BCUT2D eigenvalue weighted by atomic mass is 10.2. The Labute approximate surface area is 71.9 Å². The van der Waals surface area contributed by atoms with E-state index in [0.29, 0.717) is 12.4 Å². The van der Waals surface area contributed by atoms with Gasteiger partial charge in [-0.3, -0.25) is 0 Å². The van der Waals surface area contributed by atoms with Gasteiger partial charge in [0.1, 0.15) is 0 Å². The number of ether oxygens (including phenoxy) is 1. The van der Waals surface area contributed by atoms with Crippen LogP contribution < -0.4 is 10.5 Å². The summed E-state index contributed by atoms with van der Waals surface area (Å²) in [4.78, 5) is 4.07. The summed E-state index contributed by atoms with van der Waals surface area (Å²) in [6, 6.07) is 1.92. The highest BCUT2D eigenvalue weighted by molar-refractivity contribution is 5.48. The molecule has 0 amide bonds. The van der Waals surface area contributed by atoms with Gasteiger partial charge in [0.05, 0.1) is 7.11 Å². The molecule has 2 N–H and O–H groups in total. The van der Waals surface area contributed by atoms with E-state index in [0.717, 1.165) is 11.1 Å². The quantitative estimate of drug-likeness (QED) is 0.730. The van der Waals surface area contributed by atoms with Gasteiger partial charge >= 0.3 is 0 Å². The van der Waals surface area contributed by atoms with Crippen molar-refractivity contribution in [2.24, 2.45) is 5.73 Å². The fraction of sp³-hybridized carbons (Fsp3) is 0.222. The van der Waals surface area contributed by atoms with Crippen LogP contribution in [-0.2, 0) is 6.54 Å². The lowest BCUT2D eigenvalue weighted by Gasteiger charge is -2.05. The van der Waals surface area contributed by atoms with Gasteiger partial charge in [0.25, 0.3) is 0 Å². The summed E-state index contributed by atoms with van der Waals surface area (Å²) < 4.78 is 5.01. The Morgan fingerprint density at radius 3 is 3.00 bits per heavy atom. The molecule has 12 heavy (non-hydrogen) atoms. The van der Waals surface area contributed by atoms with Gasteiger partial charge in [-0.15, -0.1) is 0 Å². The first-order valence-corrected chi connectivity index (χ1v) is 3.67. The number of hydrogen-bond donors (Lipinski definition) is 1. The molecular weight excluding hydrogens is 152 g/mol. The molecular formula is C9H12N2O. The van der Waals surface area contributed by atoms with Crippen LogP contribution in [0.1, 0.15) is 11.1 Å². The smallest absolute Gasteiger partial charge is 0.217 e. The number of methoxy groups -OCH3 is 1. The van der Waals surface area contributed by atoms with E-state index in [4.69, 9.17) is 10.5 Å². The number of hydrogen-bond acceptors (Lipinski definition) is 3. The van der Waals surface area contributed by atoms with Crippen LogP contribution in [-0.4, -0.2) is 12.1 Å². The van der Waals surface area contributed by atoms with E-state index >= 15 is 0 Å². The molecule has 3 nitrogen and oxygen atoms in total. The van der Waals surface area contributed by atoms with E-state index < -0.39 is 0 Å². The Hall–Kier alpha value is -1.35. The number of nitrogens with two attached hydrogens (primary N) is 1. The minimum atomic E-state index is 0.428. The van der Waals surface area contributed by atoms with Crippen molar-refractivity contribution in [1.29, 1.82) is 0 Å². The summed E-state index contributed by atoms with van der Waals surface area (Å²) >= 11 is 0. The van der Waals surface area contributed by atoms with Crippen molar-refractivity contribution in [3.05, 3.63) is 30.0 Å². The number of aromatic nitrogens is 1. The van der Waals surface area contributed by atoms with Crippen LogP contribution in [0.25, 0.3) is 6.08 Å². The molecule has 0 radical (unpaired) electrons. The summed E-state index contributed by atoms with van der Waals surface area (Å²) in [6.45, 7) is 4.07. The van der Waals surface area contributed by atoms with E-state index in [1.807, 2.05) is 6.07 Å². The monoisotopic (exact) mass is 164 g/mol. The van der Waals surface area contributed by atoms with Crippen LogP contribution in [0.4, 0.5) is 0 Å². The third-order valence-corrected chi connectivity index (χ3v) is 1.60. The lowest BCUT2D eigenvalue weighted by Crippen LogP contribution is -2.01. The molecule has 0 aliphatic heterocycles. The van der Waals surface area contributed by atoms with Gasteiger partial charge in [0.2, 0.25) is 5.88 Å². The standard InChI is InChI=1S/C9H12N2O/c1-3-7-4-8(5-10)9(12-2)11-6-7/h3-4,6H,1,5,10H2,2H3. The van der Waals surface area contributed by atoms with Crippen molar-refractivity contribution in [2.45, 2.75) is 6.54 Å². The number of nitrogens with zero attached hydrogens (tertiary/aromatic N) is 1. The van der Waals surface area contributed by atoms with Gasteiger partial charge in [0, 0.05) is 18.3 Å². The van der Waals surface area contributed by atoms with E-state index in [-0.39, 0.29) is 0 Å². The SMILES string of the molecule is C=Cc1cnc(OC)c(CN)c1. The zero-order valence-electron chi connectivity index (χ0n) is 7.08. The second-order valence-corrected chi connectivity index (χ2v) is 2.35. The first-order valence-electron chi connectivity index (χ1n) is 3.67. The minimum absolute atomic E-state index is 0.428. The normalized spacial score (nSPS) is 9.50. The average molecular weight is 164 g/mol. The molecule has 3 heteroatoms. The summed E-state index contributed by atoms with van der Waals surface area (Å²) in [6.07, 6.45) is 3.43. The summed E-state index contributed by atoms with van der Waals surface area (Å²) in [5.74, 6) is 0.586. The molecule has 1 aromatic heterocycles. The Morgan fingerprint density at radius 2 is 2.50 bits per heavy atom. The molecule has 0 saturated heterocycles. The largest absolute Gasteiger partial charge is 0.481 e. The first kappa shape index (κ1) is 8.74. The fourth-order valence-electron chi connectivity index (χ4n) is 0.958. The van der Waals surface area contributed by atoms with Crippen LogP contribution in [0.15, 0.2) is 18.8 Å². The van der Waals surface area contributed by atoms with E-state index in [9.17, 15) is 0 Å². The molecule has 0 bridgehead atoms. The van der Waals surface area contributed by atoms with Crippen LogP contribution in [0, 0.1) is 0 Å². The van der Waals surface area contributed by atoms with Crippen LogP contribution in [0.2, 0.25) is 0 Å². The average Bonchev–Trinajstić information content (AvgIpc) is 2.16. The van der Waals surface area contributed by atoms with E-state index in [1.54, 1.807) is 19.4 Å².